The van der Waals surface area contributed by atoms with Crippen LogP contribution in [-0.4, -0.2) is 5.78 Å². The molecule has 1 saturated carbocycles. The number of ketones is 1. The topological polar surface area (TPSA) is 30.2 Å². The van der Waals surface area contributed by atoms with Gasteiger partial charge in [-0.1, -0.05) is 18.5 Å². The lowest BCUT2D eigenvalue weighted by Crippen LogP contribution is -2.12. The van der Waals surface area contributed by atoms with Gasteiger partial charge in [0.2, 0.25) is 5.78 Å². The molecule has 0 bridgehead atoms. The fourth-order valence-electron chi connectivity index (χ4n) is 2.17. The van der Waals surface area contributed by atoms with Crippen LogP contribution < -0.4 is 0 Å². The minimum Gasteiger partial charge on any atom is -0.453 e. The number of furan rings is 1. The van der Waals surface area contributed by atoms with Crippen molar-refractivity contribution in [1.82, 2.24) is 0 Å². The lowest BCUT2D eigenvalue weighted by atomic mass is 9.99. The normalized spacial score (nSPS) is 17.3. The van der Waals surface area contributed by atoms with Crippen LogP contribution in [0.5, 0.6) is 0 Å². The second-order valence-corrected chi connectivity index (χ2v) is 5.22. The van der Waals surface area contributed by atoms with E-state index < -0.39 is 0 Å². The van der Waals surface area contributed by atoms with Crippen molar-refractivity contribution in [3.8, 4) is 0 Å². The Morgan fingerprint density at radius 3 is 2.88 bits per heavy atom. The highest BCUT2D eigenvalue weighted by Gasteiger charge is 2.34. The summed E-state index contributed by atoms with van der Waals surface area (Å²) in [7, 11) is 0. The van der Waals surface area contributed by atoms with Crippen molar-refractivity contribution >= 4 is 28.4 Å². The van der Waals surface area contributed by atoms with Crippen molar-refractivity contribution in [1.29, 1.82) is 0 Å². The molecule has 2 aromatic rings. The molecule has 1 atom stereocenters. The summed E-state index contributed by atoms with van der Waals surface area (Å²) in [5, 5.41) is 1.55. The third-order valence-corrected chi connectivity index (χ3v) is 3.70. The first-order valence-electron chi connectivity index (χ1n) is 5.88. The van der Waals surface area contributed by atoms with Crippen LogP contribution >= 0.6 is 11.6 Å². The van der Waals surface area contributed by atoms with Crippen LogP contribution in [0.25, 0.3) is 11.0 Å². The van der Waals surface area contributed by atoms with E-state index in [0.29, 0.717) is 16.7 Å². The molecule has 1 heterocycles. The van der Waals surface area contributed by atoms with Gasteiger partial charge in [-0.2, -0.15) is 0 Å². The van der Waals surface area contributed by atoms with E-state index >= 15 is 0 Å². The minimum atomic E-state index is 0.0750. The average molecular weight is 249 g/mol. The number of rotatable bonds is 3. The fraction of sp³-hybridized carbons (Fsp3) is 0.357. The summed E-state index contributed by atoms with van der Waals surface area (Å²) in [6.07, 6.45) is 2.33. The first-order chi connectivity index (χ1) is 8.15. The standard InChI is InChI=1S/C14H13ClO2/c1-8(9-2-3-9)14(16)13-7-10-6-11(15)4-5-12(10)17-13/h4-9H,2-3H2,1H3. The SMILES string of the molecule is CC(C(=O)c1cc2cc(Cl)ccc2o1)C1CC1. The van der Waals surface area contributed by atoms with Crippen molar-refractivity contribution in [2.75, 3.05) is 0 Å². The molecule has 1 unspecified atom stereocenters. The fourth-order valence-corrected chi connectivity index (χ4v) is 2.35. The van der Waals surface area contributed by atoms with Gasteiger partial charge in [0, 0.05) is 16.3 Å². The lowest BCUT2D eigenvalue weighted by Gasteiger charge is -2.04. The summed E-state index contributed by atoms with van der Waals surface area (Å²) in [6, 6.07) is 7.18. The van der Waals surface area contributed by atoms with E-state index in [1.165, 1.54) is 12.8 Å². The highest BCUT2D eigenvalue weighted by atomic mass is 35.5. The van der Waals surface area contributed by atoms with Gasteiger partial charge in [0.15, 0.2) is 5.76 Å². The number of carbonyl (C=O) groups is 1. The number of hydrogen-bond acceptors (Lipinski definition) is 2. The highest BCUT2D eigenvalue weighted by Crippen LogP contribution is 2.38. The van der Waals surface area contributed by atoms with Crippen LogP contribution in [0.1, 0.15) is 30.3 Å². The summed E-state index contributed by atoms with van der Waals surface area (Å²) >= 11 is 5.90. The summed E-state index contributed by atoms with van der Waals surface area (Å²) in [6.45, 7) is 1.99. The maximum atomic E-state index is 12.2. The molecule has 0 aliphatic heterocycles. The molecule has 88 valence electrons. The Morgan fingerprint density at radius 1 is 1.41 bits per heavy atom. The maximum Gasteiger partial charge on any atom is 0.201 e. The third-order valence-electron chi connectivity index (χ3n) is 3.46. The van der Waals surface area contributed by atoms with E-state index in [0.717, 1.165) is 11.0 Å². The molecule has 0 spiro atoms. The zero-order chi connectivity index (χ0) is 12.0. The molecule has 1 fully saturated rings. The van der Waals surface area contributed by atoms with Crippen molar-refractivity contribution < 1.29 is 9.21 Å². The molecule has 0 radical (unpaired) electrons. The van der Waals surface area contributed by atoms with E-state index in [2.05, 4.69) is 0 Å². The Kier molecular flexibility index (Phi) is 2.48. The van der Waals surface area contributed by atoms with E-state index in [1.807, 2.05) is 13.0 Å². The van der Waals surface area contributed by atoms with Crippen molar-refractivity contribution in [2.24, 2.45) is 11.8 Å². The Hall–Kier alpha value is -1.28. The largest absolute Gasteiger partial charge is 0.453 e. The van der Waals surface area contributed by atoms with Gasteiger partial charge in [-0.15, -0.1) is 0 Å². The molecule has 3 rings (SSSR count). The molecular weight excluding hydrogens is 236 g/mol. The van der Waals surface area contributed by atoms with Crippen LogP contribution in [0.4, 0.5) is 0 Å². The molecule has 0 saturated heterocycles. The molecule has 1 aliphatic carbocycles. The molecular formula is C14H13ClO2. The number of carbonyl (C=O) groups excluding carboxylic acids is 1. The molecule has 1 aliphatic rings. The summed E-state index contributed by atoms with van der Waals surface area (Å²) in [5.74, 6) is 1.20. The zero-order valence-electron chi connectivity index (χ0n) is 9.57. The Labute approximate surface area is 105 Å². The van der Waals surface area contributed by atoms with Gasteiger partial charge < -0.3 is 4.42 Å². The van der Waals surface area contributed by atoms with Crippen molar-refractivity contribution in [3.63, 3.8) is 0 Å². The molecule has 0 amide bonds. The first kappa shape index (κ1) is 10.8. The second-order valence-electron chi connectivity index (χ2n) is 4.78. The molecule has 1 aromatic carbocycles. The van der Waals surface area contributed by atoms with Crippen LogP contribution in [0.15, 0.2) is 28.7 Å². The van der Waals surface area contributed by atoms with Gasteiger partial charge in [-0.05, 0) is 43.0 Å². The Morgan fingerprint density at radius 2 is 2.18 bits per heavy atom. The van der Waals surface area contributed by atoms with Gasteiger partial charge in [0.1, 0.15) is 5.58 Å². The molecule has 3 heteroatoms. The third kappa shape index (κ3) is 1.98. The second kappa shape index (κ2) is 3.88. The Balaban J connectivity index is 1.97. The molecule has 2 nitrogen and oxygen atoms in total. The number of Topliss-reactive ketones (excluding diaryl/α,β-unsaturated/α-hetero) is 1. The van der Waals surface area contributed by atoms with E-state index in [-0.39, 0.29) is 11.7 Å². The van der Waals surface area contributed by atoms with E-state index in [1.54, 1.807) is 18.2 Å². The van der Waals surface area contributed by atoms with Gasteiger partial charge in [0.05, 0.1) is 0 Å². The van der Waals surface area contributed by atoms with Crippen LogP contribution in [0.3, 0.4) is 0 Å². The van der Waals surface area contributed by atoms with Crippen molar-refractivity contribution in [3.05, 3.63) is 35.0 Å². The van der Waals surface area contributed by atoms with Crippen molar-refractivity contribution in [2.45, 2.75) is 19.8 Å². The Bertz CT molecular complexity index is 581. The van der Waals surface area contributed by atoms with E-state index in [4.69, 9.17) is 16.0 Å². The van der Waals surface area contributed by atoms with Crippen LogP contribution in [0.2, 0.25) is 5.02 Å². The molecule has 1 aromatic heterocycles. The number of hydrogen-bond donors (Lipinski definition) is 0. The van der Waals surface area contributed by atoms with Crippen LogP contribution in [-0.2, 0) is 0 Å². The number of fused-ring (bicyclic) bond motifs is 1. The predicted molar refractivity (Wildman–Crippen MR) is 67.4 cm³/mol. The zero-order valence-corrected chi connectivity index (χ0v) is 10.3. The predicted octanol–water partition coefficient (Wildman–Crippen LogP) is 4.32. The monoisotopic (exact) mass is 248 g/mol. The van der Waals surface area contributed by atoms with Crippen LogP contribution in [0, 0.1) is 11.8 Å². The quantitative estimate of drug-likeness (QED) is 0.758. The minimum absolute atomic E-state index is 0.0750. The number of benzene rings is 1. The van der Waals surface area contributed by atoms with Gasteiger partial charge in [-0.3, -0.25) is 4.79 Å². The average Bonchev–Trinajstić information content (AvgIpc) is 3.07. The first-order valence-corrected chi connectivity index (χ1v) is 6.26. The summed E-state index contributed by atoms with van der Waals surface area (Å²) in [4.78, 5) is 12.2. The number of halogens is 1. The molecule has 17 heavy (non-hydrogen) atoms. The smallest absolute Gasteiger partial charge is 0.201 e. The van der Waals surface area contributed by atoms with Gasteiger partial charge in [0.25, 0.3) is 0 Å². The maximum absolute atomic E-state index is 12.2. The van der Waals surface area contributed by atoms with E-state index in [9.17, 15) is 4.79 Å². The molecule has 0 N–H and O–H groups in total. The highest BCUT2D eigenvalue weighted by molar-refractivity contribution is 6.31. The van der Waals surface area contributed by atoms with Gasteiger partial charge >= 0.3 is 0 Å². The lowest BCUT2D eigenvalue weighted by molar-refractivity contribution is 0.0890. The summed E-state index contributed by atoms with van der Waals surface area (Å²) < 4.78 is 5.58. The van der Waals surface area contributed by atoms with Gasteiger partial charge in [-0.25, -0.2) is 0 Å². The summed E-state index contributed by atoms with van der Waals surface area (Å²) in [5.41, 5.74) is 0.723.